The third-order valence-corrected chi connectivity index (χ3v) is 6.19. The van der Waals surface area contributed by atoms with Crippen LogP contribution in [-0.2, 0) is 0 Å². The summed E-state index contributed by atoms with van der Waals surface area (Å²) in [6.45, 7) is 0. The number of amides is 1. The topological polar surface area (TPSA) is 153 Å². The number of aromatic amines is 1. The molecule has 0 aliphatic carbocycles. The van der Waals surface area contributed by atoms with Crippen LogP contribution in [0.1, 0.15) is 22.1 Å². The molecular weight excluding hydrogens is 528 g/mol. The van der Waals surface area contributed by atoms with Crippen LogP contribution >= 0.6 is 0 Å². The van der Waals surface area contributed by atoms with Crippen molar-refractivity contribution in [1.82, 2.24) is 19.9 Å². The number of aliphatic hydroxyl groups is 1. The molecule has 0 spiro atoms. The van der Waals surface area contributed by atoms with Gasteiger partial charge in [0.25, 0.3) is 5.91 Å². The Morgan fingerprint density at radius 3 is 1.90 bits per heavy atom. The quantitative estimate of drug-likeness (QED) is 0.182. The number of fused-ring (bicyclic) bond motifs is 1. The van der Waals surface area contributed by atoms with Crippen molar-refractivity contribution >= 4 is 28.3 Å². The molecule has 0 aliphatic heterocycles. The van der Waals surface area contributed by atoms with Gasteiger partial charge in [-0.1, -0.05) is 0 Å². The van der Waals surface area contributed by atoms with Crippen molar-refractivity contribution in [2.75, 3.05) is 39.1 Å². The Balaban J connectivity index is 1.29. The number of pyridine rings is 2. The second-order valence-electron chi connectivity index (χ2n) is 8.82. The second kappa shape index (κ2) is 11.8. The second-order valence-corrected chi connectivity index (χ2v) is 8.82. The molecule has 210 valence electrons. The number of H-pyrrole nitrogens is 1. The van der Waals surface area contributed by atoms with Gasteiger partial charge in [0, 0.05) is 46.8 Å². The van der Waals surface area contributed by atoms with E-state index in [4.69, 9.17) is 18.9 Å². The molecule has 5 aromatic rings. The van der Waals surface area contributed by atoms with E-state index >= 15 is 0 Å². The number of aliphatic hydroxyl groups excluding tert-OH is 1. The summed E-state index contributed by atoms with van der Waals surface area (Å²) in [5.41, 5.74) is 4.51. The van der Waals surface area contributed by atoms with Crippen LogP contribution in [-0.4, -0.2) is 59.4 Å². The molecule has 12 nitrogen and oxygen atoms in total. The molecular formula is C29H28N6O6. The van der Waals surface area contributed by atoms with Crippen molar-refractivity contribution in [2.24, 2.45) is 0 Å². The molecule has 1 unspecified atom stereocenters. The summed E-state index contributed by atoms with van der Waals surface area (Å²) >= 11 is 0. The van der Waals surface area contributed by atoms with E-state index in [2.05, 4.69) is 30.6 Å². The molecule has 0 aliphatic rings. The Labute approximate surface area is 235 Å². The number of nitrogens with one attached hydrogen (secondary N) is 3. The minimum absolute atomic E-state index is 0.275. The highest BCUT2D eigenvalue weighted by Gasteiger charge is 2.14. The predicted molar refractivity (Wildman–Crippen MR) is 153 cm³/mol. The number of carbonyl (C=O) groups is 1. The number of imidazole rings is 1. The van der Waals surface area contributed by atoms with E-state index in [9.17, 15) is 9.90 Å². The van der Waals surface area contributed by atoms with Crippen LogP contribution in [0, 0.1) is 0 Å². The van der Waals surface area contributed by atoms with E-state index in [1.807, 2.05) is 36.4 Å². The Morgan fingerprint density at radius 1 is 0.756 bits per heavy atom. The van der Waals surface area contributed by atoms with Crippen molar-refractivity contribution in [1.29, 1.82) is 0 Å². The summed E-state index contributed by atoms with van der Waals surface area (Å²) in [6.07, 6.45) is -1.01. The van der Waals surface area contributed by atoms with Gasteiger partial charge in [-0.05, 0) is 42.5 Å². The van der Waals surface area contributed by atoms with E-state index in [1.165, 1.54) is 40.6 Å². The van der Waals surface area contributed by atoms with Gasteiger partial charge in [0.2, 0.25) is 23.5 Å². The van der Waals surface area contributed by atoms with Crippen LogP contribution in [0.25, 0.3) is 22.4 Å². The van der Waals surface area contributed by atoms with Gasteiger partial charge in [-0.3, -0.25) is 4.79 Å². The first-order valence-electron chi connectivity index (χ1n) is 12.4. The average molecular weight is 557 g/mol. The van der Waals surface area contributed by atoms with Crippen molar-refractivity contribution in [3.63, 3.8) is 0 Å². The number of anilines is 2. The van der Waals surface area contributed by atoms with Crippen LogP contribution < -0.4 is 29.6 Å². The maximum Gasteiger partial charge on any atom is 0.256 e. The molecule has 0 bridgehead atoms. The lowest BCUT2D eigenvalue weighted by Gasteiger charge is -2.16. The lowest BCUT2D eigenvalue weighted by molar-refractivity contribution is 0.102. The first-order chi connectivity index (χ1) is 19.9. The van der Waals surface area contributed by atoms with Gasteiger partial charge in [0.15, 0.2) is 6.23 Å². The first-order valence-corrected chi connectivity index (χ1v) is 12.4. The van der Waals surface area contributed by atoms with E-state index < -0.39 is 6.23 Å². The fourth-order valence-corrected chi connectivity index (χ4v) is 4.08. The van der Waals surface area contributed by atoms with Crippen molar-refractivity contribution < 1.29 is 28.8 Å². The zero-order valence-electron chi connectivity index (χ0n) is 22.8. The van der Waals surface area contributed by atoms with Gasteiger partial charge in [0.1, 0.15) is 5.82 Å². The van der Waals surface area contributed by atoms with Gasteiger partial charge in [-0.2, -0.15) is 9.97 Å². The van der Waals surface area contributed by atoms with Gasteiger partial charge >= 0.3 is 0 Å². The zero-order valence-corrected chi connectivity index (χ0v) is 22.8. The summed E-state index contributed by atoms with van der Waals surface area (Å²) in [5.74, 6) is 1.54. The Hall–Kier alpha value is -5.36. The number of hydrogen-bond acceptors (Lipinski definition) is 10. The summed E-state index contributed by atoms with van der Waals surface area (Å²) in [7, 11) is 5.94. The van der Waals surface area contributed by atoms with E-state index in [0.717, 1.165) is 16.6 Å². The third-order valence-electron chi connectivity index (χ3n) is 6.19. The summed E-state index contributed by atoms with van der Waals surface area (Å²) < 4.78 is 20.7. The first kappa shape index (κ1) is 27.2. The van der Waals surface area contributed by atoms with Gasteiger partial charge in [-0.15, -0.1) is 0 Å². The predicted octanol–water partition coefficient (Wildman–Crippen LogP) is 4.41. The smallest absolute Gasteiger partial charge is 0.256 e. The number of hydrogen-bond donors (Lipinski definition) is 4. The fraction of sp³-hybridized carbons (Fsp3) is 0.172. The number of methoxy groups -OCH3 is 4. The number of benzene rings is 2. The van der Waals surface area contributed by atoms with Crippen molar-refractivity contribution in [2.45, 2.75) is 6.23 Å². The minimum atomic E-state index is -1.01. The molecule has 3 heterocycles. The number of carbonyl (C=O) groups excluding carboxylic acids is 1. The van der Waals surface area contributed by atoms with Crippen LogP contribution in [0.2, 0.25) is 0 Å². The summed E-state index contributed by atoms with van der Waals surface area (Å²) in [5, 5.41) is 16.6. The SMILES string of the molecule is COc1cc(C(=O)Nc2ccc3nc(-c4ccc(NC(O)c5cc(OC)nc(OC)c5)cc4)[nH]c3c2)cc(OC)n1. The number of aromatic nitrogens is 4. The molecule has 0 fully saturated rings. The lowest BCUT2D eigenvalue weighted by atomic mass is 10.1. The van der Waals surface area contributed by atoms with E-state index in [1.54, 1.807) is 18.2 Å². The largest absolute Gasteiger partial charge is 0.481 e. The maximum absolute atomic E-state index is 12.9. The molecule has 1 atom stereocenters. The Kier molecular flexibility index (Phi) is 7.83. The van der Waals surface area contributed by atoms with Crippen molar-refractivity contribution in [3.8, 4) is 34.9 Å². The standard InChI is InChI=1S/C29H28N6O6/c1-38-23-11-17(12-24(34-23)39-2)28(36)30-19-7-5-16(6-8-19)27-32-21-10-9-20(15-22(21)33-27)31-29(37)18-13-25(40-3)35-26(14-18)41-4/h5-15,28,30,36H,1-4H3,(H,31,37)(H,32,33). The maximum atomic E-state index is 12.9. The minimum Gasteiger partial charge on any atom is -0.481 e. The molecule has 0 saturated heterocycles. The summed E-state index contributed by atoms with van der Waals surface area (Å²) in [6, 6.07) is 19.2. The zero-order chi connectivity index (χ0) is 28.9. The van der Waals surface area contributed by atoms with Crippen molar-refractivity contribution in [3.05, 3.63) is 77.9 Å². The van der Waals surface area contributed by atoms with Crippen LogP contribution in [0.15, 0.2) is 66.7 Å². The molecule has 41 heavy (non-hydrogen) atoms. The fourth-order valence-electron chi connectivity index (χ4n) is 4.08. The number of ether oxygens (including phenoxy) is 4. The van der Waals surface area contributed by atoms with Crippen LogP contribution in [0.4, 0.5) is 11.4 Å². The number of rotatable bonds is 10. The molecule has 1 amide bonds. The third kappa shape index (κ3) is 6.12. The highest BCUT2D eigenvalue weighted by atomic mass is 16.5. The van der Waals surface area contributed by atoms with Crippen LogP contribution in [0.5, 0.6) is 23.5 Å². The highest BCUT2D eigenvalue weighted by Crippen LogP contribution is 2.27. The number of nitrogens with zero attached hydrogens (tertiary/aromatic N) is 3. The molecule has 3 aromatic heterocycles. The normalized spacial score (nSPS) is 11.5. The molecule has 12 heteroatoms. The van der Waals surface area contributed by atoms with E-state index in [-0.39, 0.29) is 17.7 Å². The van der Waals surface area contributed by atoms with Gasteiger partial charge in [-0.25, -0.2) is 4.98 Å². The lowest BCUT2D eigenvalue weighted by Crippen LogP contribution is -2.12. The van der Waals surface area contributed by atoms with Crippen LogP contribution in [0.3, 0.4) is 0 Å². The molecule has 4 N–H and O–H groups in total. The van der Waals surface area contributed by atoms with Gasteiger partial charge in [0.05, 0.1) is 45.0 Å². The molecule has 0 radical (unpaired) electrons. The van der Waals surface area contributed by atoms with Gasteiger partial charge < -0.3 is 39.7 Å². The monoisotopic (exact) mass is 556 g/mol. The molecule has 5 rings (SSSR count). The Morgan fingerprint density at radius 2 is 1.32 bits per heavy atom. The average Bonchev–Trinajstić information content (AvgIpc) is 3.44. The Bertz CT molecular complexity index is 1640. The highest BCUT2D eigenvalue weighted by molar-refractivity contribution is 6.05. The summed E-state index contributed by atoms with van der Waals surface area (Å²) in [4.78, 5) is 29.1. The molecule has 0 saturated carbocycles. The molecule has 2 aromatic carbocycles. The van der Waals surface area contributed by atoms with E-state index in [0.29, 0.717) is 40.1 Å².